The Labute approximate surface area is 185 Å². The predicted octanol–water partition coefficient (Wildman–Crippen LogP) is 5.56. The fourth-order valence-corrected chi connectivity index (χ4v) is 4.25. The summed E-state index contributed by atoms with van der Waals surface area (Å²) >= 11 is 6.53. The van der Waals surface area contributed by atoms with Crippen LogP contribution in [0.4, 0.5) is 0 Å². The van der Waals surface area contributed by atoms with E-state index in [1.165, 1.54) is 0 Å². The van der Waals surface area contributed by atoms with Gasteiger partial charge in [0.2, 0.25) is 6.79 Å². The molecule has 0 unspecified atom stereocenters. The summed E-state index contributed by atoms with van der Waals surface area (Å²) in [5.41, 5.74) is 3.31. The number of aromatic carboxylic acids is 1. The predicted molar refractivity (Wildman–Crippen MR) is 119 cm³/mol. The largest absolute Gasteiger partial charge is 0.478 e. The molecule has 0 fully saturated rings. The summed E-state index contributed by atoms with van der Waals surface area (Å²) in [5, 5.41) is 10.7. The van der Waals surface area contributed by atoms with E-state index >= 15 is 0 Å². The lowest BCUT2D eigenvalue weighted by Crippen LogP contribution is -2.12. The maximum Gasteiger partial charge on any atom is 0.335 e. The Morgan fingerprint density at radius 1 is 1.16 bits per heavy atom. The van der Waals surface area contributed by atoms with E-state index in [9.17, 15) is 14.7 Å². The van der Waals surface area contributed by atoms with Crippen molar-refractivity contribution in [2.45, 2.75) is 40.2 Å². The number of benzene rings is 2. The van der Waals surface area contributed by atoms with E-state index in [0.29, 0.717) is 40.4 Å². The molecule has 7 heteroatoms. The van der Waals surface area contributed by atoms with Gasteiger partial charge in [-0.25, -0.2) is 4.79 Å². The molecule has 1 aromatic heterocycles. The Morgan fingerprint density at radius 3 is 2.52 bits per heavy atom. The second-order valence-corrected chi connectivity index (χ2v) is 8.42. The molecule has 2 heterocycles. The zero-order valence-electron chi connectivity index (χ0n) is 17.7. The molecule has 31 heavy (non-hydrogen) atoms. The van der Waals surface area contributed by atoms with Crippen molar-refractivity contribution >= 4 is 34.3 Å². The number of Topliss-reactive ketones (excluding diaryl/α,β-unsaturated/α-hetero) is 1. The number of carboxylic acids is 1. The number of ether oxygens (including phenoxy) is 2. The van der Waals surface area contributed by atoms with Gasteiger partial charge in [-0.3, -0.25) is 4.79 Å². The fourth-order valence-electron chi connectivity index (χ4n) is 4.03. The zero-order valence-corrected chi connectivity index (χ0v) is 18.5. The van der Waals surface area contributed by atoms with Gasteiger partial charge in [0.1, 0.15) is 0 Å². The molecule has 0 amide bonds. The van der Waals surface area contributed by atoms with Crippen LogP contribution in [0.15, 0.2) is 30.3 Å². The highest BCUT2D eigenvalue weighted by atomic mass is 35.5. The number of ketones is 1. The molecule has 1 N–H and O–H groups in total. The summed E-state index contributed by atoms with van der Waals surface area (Å²) in [5.74, 6) is 0.0264. The normalized spacial score (nSPS) is 12.7. The molecule has 1 aliphatic heterocycles. The first-order valence-corrected chi connectivity index (χ1v) is 10.7. The highest BCUT2D eigenvalue weighted by Crippen LogP contribution is 2.38. The molecule has 0 bridgehead atoms. The first-order valence-electron chi connectivity index (χ1n) is 10.3. The van der Waals surface area contributed by atoms with Gasteiger partial charge in [-0.05, 0) is 36.2 Å². The fraction of sp³-hybridized carbons (Fsp3) is 0.333. The van der Waals surface area contributed by atoms with Gasteiger partial charge in [0.15, 0.2) is 17.3 Å². The third kappa shape index (κ3) is 3.76. The van der Waals surface area contributed by atoms with Gasteiger partial charge < -0.3 is 19.1 Å². The van der Waals surface area contributed by atoms with Crippen molar-refractivity contribution < 1.29 is 24.2 Å². The van der Waals surface area contributed by atoms with Crippen LogP contribution in [0.25, 0.3) is 10.9 Å². The zero-order chi connectivity index (χ0) is 22.3. The van der Waals surface area contributed by atoms with Gasteiger partial charge in [-0.2, -0.15) is 0 Å². The number of rotatable bonds is 7. The molecular formula is C24H24ClNO5. The van der Waals surface area contributed by atoms with Crippen LogP contribution in [0.3, 0.4) is 0 Å². The number of carboxylic acid groups (broad SMARTS) is 1. The minimum atomic E-state index is -1.02. The Bertz CT molecular complexity index is 1190. The van der Waals surface area contributed by atoms with Gasteiger partial charge in [-0.1, -0.05) is 38.8 Å². The number of aromatic nitrogens is 1. The molecule has 0 aliphatic carbocycles. The number of hydrogen-bond acceptors (Lipinski definition) is 4. The van der Waals surface area contributed by atoms with Gasteiger partial charge in [0, 0.05) is 45.7 Å². The van der Waals surface area contributed by atoms with Crippen LogP contribution < -0.4 is 9.47 Å². The first-order chi connectivity index (χ1) is 14.8. The van der Waals surface area contributed by atoms with Crippen LogP contribution >= 0.6 is 11.6 Å². The summed E-state index contributed by atoms with van der Waals surface area (Å²) in [7, 11) is 0. The molecule has 162 valence electrons. The summed E-state index contributed by atoms with van der Waals surface area (Å²) in [6.45, 7) is 6.36. The van der Waals surface area contributed by atoms with Crippen molar-refractivity contribution in [1.82, 2.24) is 4.57 Å². The molecule has 0 saturated carbocycles. The van der Waals surface area contributed by atoms with Crippen molar-refractivity contribution in [3.05, 3.63) is 57.7 Å². The first kappa shape index (κ1) is 21.2. The van der Waals surface area contributed by atoms with Crippen LogP contribution in [0.2, 0.25) is 5.02 Å². The van der Waals surface area contributed by atoms with Crippen LogP contribution in [-0.4, -0.2) is 28.2 Å². The smallest absolute Gasteiger partial charge is 0.335 e. The van der Waals surface area contributed by atoms with E-state index in [2.05, 4.69) is 11.5 Å². The molecule has 0 radical (unpaired) electrons. The lowest BCUT2D eigenvalue weighted by molar-refractivity contribution is 0.0696. The van der Waals surface area contributed by atoms with E-state index in [0.717, 1.165) is 23.2 Å². The second kappa shape index (κ2) is 8.27. The average molecular weight is 442 g/mol. The van der Waals surface area contributed by atoms with Crippen LogP contribution in [0, 0.1) is 5.92 Å². The van der Waals surface area contributed by atoms with Gasteiger partial charge in [0.25, 0.3) is 0 Å². The highest BCUT2D eigenvalue weighted by Gasteiger charge is 2.26. The number of carbonyl (C=O) groups is 2. The number of fused-ring (bicyclic) bond motifs is 2. The maximum atomic E-state index is 13.2. The van der Waals surface area contributed by atoms with Crippen LogP contribution in [0.5, 0.6) is 11.5 Å². The SMILES string of the molecule is CCCc1c(C(=O)C(C)C)c2cc(C(=O)O)ccc2n1Cc1cc2c(cc1Cl)OCO2. The van der Waals surface area contributed by atoms with E-state index in [4.69, 9.17) is 21.1 Å². The van der Waals surface area contributed by atoms with Crippen LogP contribution in [0.1, 0.15) is 59.2 Å². The number of carbonyl (C=O) groups excluding carboxylic acids is 1. The Morgan fingerprint density at radius 2 is 1.87 bits per heavy atom. The van der Waals surface area contributed by atoms with Gasteiger partial charge in [-0.15, -0.1) is 0 Å². The van der Waals surface area contributed by atoms with E-state index < -0.39 is 5.97 Å². The summed E-state index contributed by atoms with van der Waals surface area (Å²) < 4.78 is 13.0. The molecule has 1 aliphatic rings. The molecule has 2 aromatic carbocycles. The number of nitrogens with zero attached hydrogens (tertiary/aromatic N) is 1. The van der Waals surface area contributed by atoms with Gasteiger partial charge in [0.05, 0.1) is 5.56 Å². The molecule has 0 saturated heterocycles. The minimum Gasteiger partial charge on any atom is -0.478 e. The molecule has 6 nitrogen and oxygen atoms in total. The summed E-state index contributed by atoms with van der Waals surface area (Å²) in [6, 6.07) is 8.55. The molecule has 4 rings (SSSR count). The maximum absolute atomic E-state index is 13.2. The lowest BCUT2D eigenvalue weighted by Gasteiger charge is -2.14. The van der Waals surface area contributed by atoms with Crippen molar-refractivity contribution in [3.8, 4) is 11.5 Å². The van der Waals surface area contributed by atoms with Crippen LogP contribution in [-0.2, 0) is 13.0 Å². The topological polar surface area (TPSA) is 77.8 Å². The van der Waals surface area contributed by atoms with Crippen molar-refractivity contribution in [2.24, 2.45) is 5.92 Å². The Balaban J connectivity index is 1.95. The second-order valence-electron chi connectivity index (χ2n) is 8.01. The molecule has 0 atom stereocenters. The molecule has 3 aromatic rings. The molecule has 0 spiro atoms. The van der Waals surface area contributed by atoms with Crippen molar-refractivity contribution in [1.29, 1.82) is 0 Å². The molecular weight excluding hydrogens is 418 g/mol. The van der Waals surface area contributed by atoms with E-state index in [-0.39, 0.29) is 24.1 Å². The quantitative estimate of drug-likeness (QED) is 0.485. The standard InChI is InChI=1S/C24H24ClNO5/c1-4-5-19-22(23(27)13(2)3)16-8-14(24(28)29)6-7-18(16)26(19)11-15-9-20-21(10-17(15)25)31-12-30-20/h6-10,13H,4-5,11-12H2,1-3H3,(H,28,29). The van der Waals surface area contributed by atoms with Crippen molar-refractivity contribution in [3.63, 3.8) is 0 Å². The highest BCUT2D eigenvalue weighted by molar-refractivity contribution is 6.31. The number of halogens is 1. The minimum absolute atomic E-state index is 0.00604. The lowest BCUT2D eigenvalue weighted by atomic mass is 9.96. The van der Waals surface area contributed by atoms with Gasteiger partial charge >= 0.3 is 5.97 Å². The summed E-state index contributed by atoms with van der Waals surface area (Å²) in [6.07, 6.45) is 1.53. The van der Waals surface area contributed by atoms with E-state index in [1.807, 2.05) is 19.9 Å². The average Bonchev–Trinajstić information content (AvgIpc) is 3.29. The Hall–Kier alpha value is -2.99. The third-order valence-electron chi connectivity index (χ3n) is 5.55. The third-order valence-corrected chi connectivity index (χ3v) is 5.90. The van der Waals surface area contributed by atoms with E-state index in [1.54, 1.807) is 24.3 Å². The number of hydrogen-bond donors (Lipinski definition) is 1. The monoisotopic (exact) mass is 441 g/mol. The van der Waals surface area contributed by atoms with Crippen molar-refractivity contribution in [2.75, 3.05) is 6.79 Å². The Kier molecular flexibility index (Phi) is 5.67. The summed E-state index contributed by atoms with van der Waals surface area (Å²) in [4.78, 5) is 24.8.